The van der Waals surface area contributed by atoms with Crippen molar-refractivity contribution < 1.29 is 14.3 Å². The van der Waals surface area contributed by atoms with Crippen molar-refractivity contribution in [3.63, 3.8) is 0 Å². The topological polar surface area (TPSA) is 55.1 Å². The van der Waals surface area contributed by atoms with E-state index in [2.05, 4.69) is 5.10 Å². The van der Waals surface area contributed by atoms with Gasteiger partial charge in [0, 0.05) is 0 Å². The molecular weight excluding hydrogens is 279 g/mol. The number of aliphatic carboxylic acids is 1. The molecule has 20 heavy (non-hydrogen) atoms. The third-order valence-electron chi connectivity index (χ3n) is 2.71. The van der Waals surface area contributed by atoms with E-state index in [4.69, 9.17) is 5.11 Å². The van der Waals surface area contributed by atoms with E-state index < -0.39 is 5.97 Å². The molecule has 0 saturated heterocycles. The fourth-order valence-electron chi connectivity index (χ4n) is 1.70. The predicted molar refractivity (Wildman–Crippen MR) is 76.0 cm³/mol. The lowest BCUT2D eigenvalue weighted by molar-refractivity contribution is -0.133. The van der Waals surface area contributed by atoms with Crippen LogP contribution in [0.5, 0.6) is 0 Å². The number of aromatic nitrogens is 2. The molecule has 106 valence electrons. The van der Waals surface area contributed by atoms with Gasteiger partial charge in [-0.05, 0) is 24.1 Å². The fourth-order valence-corrected chi connectivity index (χ4v) is 2.43. The molecule has 0 saturated carbocycles. The first-order valence-electron chi connectivity index (χ1n) is 6.18. The second kappa shape index (κ2) is 6.09. The van der Waals surface area contributed by atoms with Gasteiger partial charge in [-0.3, -0.25) is 4.79 Å². The Kier molecular flexibility index (Phi) is 4.44. The average Bonchev–Trinajstić information content (AvgIpc) is 2.81. The summed E-state index contributed by atoms with van der Waals surface area (Å²) in [5, 5.41) is 13.8. The molecule has 0 fully saturated rings. The van der Waals surface area contributed by atoms with E-state index in [-0.39, 0.29) is 17.5 Å². The first-order chi connectivity index (χ1) is 9.49. The summed E-state index contributed by atoms with van der Waals surface area (Å²) in [4.78, 5) is 10.7. The number of carboxylic acids is 1. The lowest BCUT2D eigenvalue weighted by atomic mass is 10.1. The summed E-state index contributed by atoms with van der Waals surface area (Å²) in [6.45, 7) is 3.97. The number of nitrogens with zero attached hydrogens (tertiary/aromatic N) is 2. The van der Waals surface area contributed by atoms with Crippen LogP contribution in [0.1, 0.15) is 25.5 Å². The van der Waals surface area contributed by atoms with E-state index in [1.54, 1.807) is 18.2 Å². The number of rotatable bonds is 5. The first-order valence-corrected chi connectivity index (χ1v) is 7.17. The number of carbonyl (C=O) groups is 1. The van der Waals surface area contributed by atoms with Crippen LogP contribution < -0.4 is 0 Å². The molecule has 4 nitrogen and oxygen atoms in total. The minimum Gasteiger partial charge on any atom is -0.481 e. The first kappa shape index (κ1) is 14.6. The van der Waals surface area contributed by atoms with E-state index in [1.165, 1.54) is 10.7 Å². The molecule has 0 aliphatic carbocycles. The summed E-state index contributed by atoms with van der Waals surface area (Å²) < 4.78 is 15.3. The molecule has 0 aliphatic rings. The third kappa shape index (κ3) is 3.19. The number of carboxylic acid groups (broad SMARTS) is 1. The van der Waals surface area contributed by atoms with Crippen LogP contribution >= 0.6 is 11.8 Å². The number of halogens is 1. The van der Waals surface area contributed by atoms with Gasteiger partial charge in [0.2, 0.25) is 0 Å². The number of hydrogen-bond acceptors (Lipinski definition) is 3. The van der Waals surface area contributed by atoms with Crippen LogP contribution in [0.4, 0.5) is 4.39 Å². The van der Waals surface area contributed by atoms with Gasteiger partial charge >= 0.3 is 5.97 Å². The number of thioether (sulfide) groups is 1. The Balaban J connectivity index is 2.44. The Morgan fingerprint density at radius 3 is 2.75 bits per heavy atom. The molecule has 2 aromatic rings. The zero-order chi connectivity index (χ0) is 14.7. The Hall–Kier alpha value is -1.82. The van der Waals surface area contributed by atoms with Crippen LogP contribution in [-0.4, -0.2) is 26.6 Å². The van der Waals surface area contributed by atoms with Crippen LogP contribution in [0.2, 0.25) is 0 Å². The van der Waals surface area contributed by atoms with Gasteiger partial charge in [-0.25, -0.2) is 9.07 Å². The Bertz CT molecular complexity index is 625. The maximum absolute atomic E-state index is 13.9. The number of hydrogen-bond donors (Lipinski definition) is 1. The molecule has 0 amide bonds. The molecule has 0 unspecified atom stereocenters. The highest BCUT2D eigenvalue weighted by Gasteiger charge is 2.15. The smallest absolute Gasteiger partial charge is 0.313 e. The highest BCUT2D eigenvalue weighted by Crippen LogP contribution is 2.27. The van der Waals surface area contributed by atoms with Crippen LogP contribution in [0.15, 0.2) is 35.4 Å². The second-order valence-corrected chi connectivity index (χ2v) is 5.60. The third-order valence-corrected chi connectivity index (χ3v) is 3.69. The van der Waals surface area contributed by atoms with Gasteiger partial charge in [-0.15, -0.1) is 0 Å². The lowest BCUT2D eigenvalue weighted by Gasteiger charge is -2.07. The second-order valence-electron chi connectivity index (χ2n) is 4.61. The van der Waals surface area contributed by atoms with Gasteiger partial charge in [-0.1, -0.05) is 37.7 Å². The summed E-state index contributed by atoms with van der Waals surface area (Å²) >= 11 is 1.13. The minimum atomic E-state index is -0.914. The summed E-state index contributed by atoms with van der Waals surface area (Å²) in [7, 11) is 0. The standard InChI is InChI=1S/C14H15FN2O2S/c1-9(2)11-7-13(20-8-14(18)19)17(16-11)12-6-4-3-5-10(12)15/h3-7,9H,8H2,1-2H3,(H,18,19). The predicted octanol–water partition coefficient (Wildman–Crippen LogP) is 3.31. The number of benzene rings is 1. The highest BCUT2D eigenvalue weighted by atomic mass is 32.2. The highest BCUT2D eigenvalue weighted by molar-refractivity contribution is 7.99. The number of para-hydroxylation sites is 1. The van der Waals surface area contributed by atoms with Crippen molar-refractivity contribution in [3.8, 4) is 5.69 Å². The summed E-state index contributed by atoms with van der Waals surface area (Å²) in [5.74, 6) is -1.20. The van der Waals surface area contributed by atoms with E-state index >= 15 is 0 Å². The van der Waals surface area contributed by atoms with Crippen molar-refractivity contribution in [1.82, 2.24) is 9.78 Å². The van der Waals surface area contributed by atoms with Gasteiger partial charge in [-0.2, -0.15) is 5.10 Å². The van der Waals surface area contributed by atoms with Crippen LogP contribution in [0.3, 0.4) is 0 Å². The van der Waals surface area contributed by atoms with Gasteiger partial charge < -0.3 is 5.11 Å². The molecule has 1 aromatic heterocycles. The fraction of sp³-hybridized carbons (Fsp3) is 0.286. The van der Waals surface area contributed by atoms with E-state index in [0.717, 1.165) is 17.5 Å². The molecule has 2 rings (SSSR count). The molecule has 1 aromatic carbocycles. The molecule has 1 N–H and O–H groups in total. The van der Waals surface area contributed by atoms with Gasteiger partial charge in [0.05, 0.1) is 11.4 Å². The SMILES string of the molecule is CC(C)c1cc(SCC(=O)O)n(-c2ccccc2F)n1. The van der Waals surface area contributed by atoms with Crippen molar-refractivity contribution >= 4 is 17.7 Å². The van der Waals surface area contributed by atoms with Crippen LogP contribution in [-0.2, 0) is 4.79 Å². The quantitative estimate of drug-likeness (QED) is 0.860. The van der Waals surface area contributed by atoms with Crippen molar-refractivity contribution in [1.29, 1.82) is 0 Å². The van der Waals surface area contributed by atoms with Gasteiger partial charge in [0.15, 0.2) is 0 Å². The van der Waals surface area contributed by atoms with Crippen LogP contribution in [0.25, 0.3) is 5.69 Å². The molecule has 0 spiro atoms. The molecule has 1 heterocycles. The Morgan fingerprint density at radius 2 is 2.15 bits per heavy atom. The summed E-state index contributed by atoms with van der Waals surface area (Å²) in [6.07, 6.45) is 0. The van der Waals surface area contributed by atoms with Crippen molar-refractivity contribution in [2.45, 2.75) is 24.8 Å². The maximum atomic E-state index is 13.9. The van der Waals surface area contributed by atoms with Crippen molar-refractivity contribution in [3.05, 3.63) is 41.8 Å². The molecule has 6 heteroatoms. The molecule has 0 aliphatic heterocycles. The lowest BCUT2D eigenvalue weighted by Crippen LogP contribution is -2.04. The zero-order valence-corrected chi connectivity index (χ0v) is 12.0. The minimum absolute atomic E-state index is 0.0856. The average molecular weight is 294 g/mol. The molecule has 0 atom stereocenters. The van der Waals surface area contributed by atoms with Gasteiger partial charge in [0.1, 0.15) is 16.5 Å². The molecular formula is C14H15FN2O2S. The summed E-state index contributed by atoms with van der Waals surface area (Å²) in [5.41, 5.74) is 1.13. The van der Waals surface area contributed by atoms with E-state index in [0.29, 0.717) is 10.7 Å². The Labute approximate surface area is 120 Å². The molecule has 0 radical (unpaired) electrons. The monoisotopic (exact) mass is 294 g/mol. The Morgan fingerprint density at radius 1 is 1.45 bits per heavy atom. The van der Waals surface area contributed by atoms with E-state index in [1.807, 2.05) is 19.9 Å². The molecule has 0 bridgehead atoms. The zero-order valence-electron chi connectivity index (χ0n) is 11.2. The van der Waals surface area contributed by atoms with Crippen molar-refractivity contribution in [2.75, 3.05) is 5.75 Å². The van der Waals surface area contributed by atoms with Gasteiger partial charge in [0.25, 0.3) is 0 Å². The summed E-state index contributed by atoms with van der Waals surface area (Å²) in [6, 6.07) is 8.12. The van der Waals surface area contributed by atoms with Crippen LogP contribution in [0, 0.1) is 5.82 Å². The van der Waals surface area contributed by atoms with E-state index in [9.17, 15) is 9.18 Å². The largest absolute Gasteiger partial charge is 0.481 e. The van der Waals surface area contributed by atoms with Crippen molar-refractivity contribution in [2.24, 2.45) is 0 Å². The normalized spacial score (nSPS) is 11.0. The maximum Gasteiger partial charge on any atom is 0.313 e.